The number of hydrogen-bond acceptors (Lipinski definition) is 3. The predicted octanol–water partition coefficient (Wildman–Crippen LogP) is 1.67. The van der Waals surface area contributed by atoms with Gasteiger partial charge in [0.15, 0.2) is 0 Å². The fraction of sp³-hybridized carbons (Fsp3) is 0.300. The third kappa shape index (κ3) is 1.89. The van der Waals surface area contributed by atoms with Crippen LogP contribution in [-0.2, 0) is 0 Å². The Bertz CT molecular complexity index is 382. The summed E-state index contributed by atoms with van der Waals surface area (Å²) in [6.07, 6.45) is 0.211. The Balaban J connectivity index is 2.19. The van der Waals surface area contributed by atoms with Crippen molar-refractivity contribution in [3.63, 3.8) is 0 Å². The van der Waals surface area contributed by atoms with Gasteiger partial charge in [-0.05, 0) is 18.2 Å². The summed E-state index contributed by atoms with van der Waals surface area (Å²) in [7, 11) is 0. The minimum Gasteiger partial charge on any atom is -0.486 e. The Morgan fingerprint density at radius 1 is 1.50 bits per heavy atom. The van der Waals surface area contributed by atoms with Crippen LogP contribution in [0.15, 0.2) is 22.7 Å². The first-order valence-corrected chi connectivity index (χ1v) is 5.16. The van der Waals surface area contributed by atoms with Crippen LogP contribution in [0.4, 0.5) is 0 Å². The molecule has 3 nitrogen and oxygen atoms in total. The average molecular weight is 253 g/mol. The monoisotopic (exact) mass is 252 g/mol. The highest BCUT2D eigenvalue weighted by molar-refractivity contribution is 9.10. The van der Waals surface area contributed by atoms with Gasteiger partial charge >= 0.3 is 0 Å². The van der Waals surface area contributed by atoms with Gasteiger partial charge in [-0.15, -0.1) is 0 Å². The van der Waals surface area contributed by atoms with E-state index in [1.54, 1.807) is 6.07 Å². The normalized spacial score (nSPS) is 15.7. The summed E-state index contributed by atoms with van der Waals surface area (Å²) in [6, 6.07) is 7.58. The van der Waals surface area contributed by atoms with Crippen molar-refractivity contribution in [3.05, 3.63) is 28.2 Å². The van der Waals surface area contributed by atoms with E-state index < -0.39 is 0 Å². The van der Waals surface area contributed by atoms with E-state index in [1.165, 1.54) is 0 Å². The van der Waals surface area contributed by atoms with Crippen molar-refractivity contribution in [3.8, 4) is 11.8 Å². The second-order valence-electron chi connectivity index (χ2n) is 3.15. The molecule has 1 aliphatic rings. The SMILES string of the molecule is N#Cc1cc(Br)ccc1OC1CNC1. The lowest BCUT2D eigenvalue weighted by atomic mass is 10.2. The van der Waals surface area contributed by atoms with Crippen molar-refractivity contribution in [2.45, 2.75) is 6.10 Å². The highest BCUT2D eigenvalue weighted by Gasteiger charge is 2.19. The molecular formula is C10H9BrN2O. The molecule has 1 aromatic carbocycles. The minimum absolute atomic E-state index is 0.211. The lowest BCUT2D eigenvalue weighted by Crippen LogP contribution is -2.50. The van der Waals surface area contributed by atoms with Crippen molar-refractivity contribution in [2.24, 2.45) is 0 Å². The van der Waals surface area contributed by atoms with Gasteiger partial charge in [-0.1, -0.05) is 15.9 Å². The molecule has 0 atom stereocenters. The van der Waals surface area contributed by atoms with E-state index in [1.807, 2.05) is 12.1 Å². The number of hydrogen-bond donors (Lipinski definition) is 1. The van der Waals surface area contributed by atoms with Gasteiger partial charge in [-0.3, -0.25) is 0 Å². The molecule has 1 heterocycles. The number of ether oxygens (including phenoxy) is 1. The molecule has 2 rings (SSSR count). The molecule has 1 aromatic rings. The molecule has 0 bridgehead atoms. The molecule has 1 saturated heterocycles. The highest BCUT2D eigenvalue weighted by Crippen LogP contribution is 2.23. The molecule has 14 heavy (non-hydrogen) atoms. The summed E-state index contributed by atoms with van der Waals surface area (Å²) < 4.78 is 6.52. The molecule has 1 N–H and O–H groups in total. The number of rotatable bonds is 2. The Morgan fingerprint density at radius 2 is 2.29 bits per heavy atom. The Kier molecular flexibility index (Phi) is 2.71. The largest absolute Gasteiger partial charge is 0.486 e. The molecule has 0 unspecified atom stereocenters. The van der Waals surface area contributed by atoms with Crippen LogP contribution in [0.1, 0.15) is 5.56 Å². The molecule has 72 valence electrons. The van der Waals surface area contributed by atoms with Crippen LogP contribution in [0.3, 0.4) is 0 Å². The Morgan fingerprint density at radius 3 is 2.86 bits per heavy atom. The molecule has 0 aliphatic carbocycles. The van der Waals surface area contributed by atoms with E-state index in [0.29, 0.717) is 11.3 Å². The first-order valence-electron chi connectivity index (χ1n) is 4.36. The lowest BCUT2D eigenvalue weighted by Gasteiger charge is -2.28. The molecule has 0 amide bonds. The highest BCUT2D eigenvalue weighted by atomic mass is 79.9. The van der Waals surface area contributed by atoms with Crippen molar-refractivity contribution in [1.29, 1.82) is 5.26 Å². The predicted molar refractivity (Wildman–Crippen MR) is 56.1 cm³/mol. The number of nitrogens with zero attached hydrogens (tertiary/aromatic N) is 1. The first kappa shape index (κ1) is 9.50. The second kappa shape index (κ2) is 3.99. The first-order chi connectivity index (χ1) is 6.79. The zero-order valence-corrected chi connectivity index (χ0v) is 9.04. The summed E-state index contributed by atoms with van der Waals surface area (Å²) in [5, 5.41) is 12.0. The molecule has 0 spiro atoms. The van der Waals surface area contributed by atoms with Crippen LogP contribution >= 0.6 is 15.9 Å². The van der Waals surface area contributed by atoms with E-state index in [4.69, 9.17) is 10.00 Å². The number of halogens is 1. The number of nitriles is 1. The van der Waals surface area contributed by atoms with E-state index in [0.717, 1.165) is 17.6 Å². The minimum atomic E-state index is 0.211. The van der Waals surface area contributed by atoms with Crippen LogP contribution in [0.25, 0.3) is 0 Å². The zero-order chi connectivity index (χ0) is 9.97. The third-order valence-electron chi connectivity index (χ3n) is 2.10. The quantitative estimate of drug-likeness (QED) is 0.871. The van der Waals surface area contributed by atoms with Crippen molar-refractivity contribution < 1.29 is 4.74 Å². The van der Waals surface area contributed by atoms with Gasteiger partial charge in [0, 0.05) is 17.6 Å². The van der Waals surface area contributed by atoms with Crippen molar-refractivity contribution in [1.82, 2.24) is 5.32 Å². The maximum Gasteiger partial charge on any atom is 0.137 e. The number of nitrogens with one attached hydrogen (secondary N) is 1. The van der Waals surface area contributed by atoms with Crippen LogP contribution in [-0.4, -0.2) is 19.2 Å². The van der Waals surface area contributed by atoms with Gasteiger partial charge in [-0.25, -0.2) is 0 Å². The molecule has 1 aliphatic heterocycles. The molecule has 0 radical (unpaired) electrons. The Hall–Kier alpha value is -1.05. The Labute approximate surface area is 90.8 Å². The van der Waals surface area contributed by atoms with Crippen LogP contribution in [0, 0.1) is 11.3 Å². The standard InChI is InChI=1S/C10H9BrN2O/c11-8-1-2-10(7(3-8)4-12)14-9-5-13-6-9/h1-3,9,13H,5-6H2. The van der Waals surface area contributed by atoms with Gasteiger partial charge in [0.1, 0.15) is 17.9 Å². The molecular weight excluding hydrogens is 244 g/mol. The van der Waals surface area contributed by atoms with Gasteiger partial charge in [0.25, 0.3) is 0 Å². The summed E-state index contributed by atoms with van der Waals surface area (Å²) in [6.45, 7) is 1.72. The molecule has 0 aromatic heterocycles. The molecule has 0 saturated carbocycles. The van der Waals surface area contributed by atoms with Gasteiger partial charge < -0.3 is 10.1 Å². The fourth-order valence-corrected chi connectivity index (χ4v) is 1.58. The second-order valence-corrected chi connectivity index (χ2v) is 4.07. The smallest absolute Gasteiger partial charge is 0.137 e. The fourth-order valence-electron chi connectivity index (χ4n) is 1.22. The summed E-state index contributed by atoms with van der Waals surface area (Å²) in [5.41, 5.74) is 0.575. The zero-order valence-electron chi connectivity index (χ0n) is 7.46. The van der Waals surface area contributed by atoms with Gasteiger partial charge in [0.2, 0.25) is 0 Å². The van der Waals surface area contributed by atoms with Crippen LogP contribution in [0.2, 0.25) is 0 Å². The third-order valence-corrected chi connectivity index (χ3v) is 2.59. The summed E-state index contributed by atoms with van der Waals surface area (Å²) >= 11 is 3.32. The number of benzene rings is 1. The van der Waals surface area contributed by atoms with Crippen molar-refractivity contribution >= 4 is 15.9 Å². The average Bonchev–Trinajstić information content (AvgIpc) is 2.13. The molecule has 1 fully saturated rings. The van der Waals surface area contributed by atoms with E-state index >= 15 is 0 Å². The summed E-state index contributed by atoms with van der Waals surface area (Å²) in [4.78, 5) is 0. The summed E-state index contributed by atoms with van der Waals surface area (Å²) in [5.74, 6) is 0.669. The van der Waals surface area contributed by atoms with Crippen LogP contribution < -0.4 is 10.1 Å². The maximum absolute atomic E-state index is 8.88. The molecule has 4 heteroatoms. The van der Waals surface area contributed by atoms with Crippen molar-refractivity contribution in [2.75, 3.05) is 13.1 Å². The lowest BCUT2D eigenvalue weighted by molar-refractivity contribution is 0.142. The van der Waals surface area contributed by atoms with E-state index in [-0.39, 0.29) is 6.10 Å². The van der Waals surface area contributed by atoms with Crippen LogP contribution in [0.5, 0.6) is 5.75 Å². The topological polar surface area (TPSA) is 45.0 Å². The van der Waals surface area contributed by atoms with E-state index in [2.05, 4.69) is 27.3 Å². The van der Waals surface area contributed by atoms with E-state index in [9.17, 15) is 0 Å². The van der Waals surface area contributed by atoms with Gasteiger partial charge in [-0.2, -0.15) is 5.26 Å². The maximum atomic E-state index is 8.88. The van der Waals surface area contributed by atoms with Gasteiger partial charge in [0.05, 0.1) is 5.56 Å².